The van der Waals surface area contributed by atoms with Crippen molar-refractivity contribution in [1.29, 1.82) is 0 Å². The summed E-state index contributed by atoms with van der Waals surface area (Å²) in [6, 6.07) is 15.7. The van der Waals surface area contributed by atoms with Crippen molar-refractivity contribution in [2.45, 2.75) is 16.7 Å². The standard InChI is InChI=1S/C17H14O2S/c1-2-19-15-11-14(18)12-7-3-5-9-16(12)20-17-10-6-4-8-13(15)17/h3-11H,2H2,1H3/b15-11+. The summed E-state index contributed by atoms with van der Waals surface area (Å²) >= 11 is 1.61. The first-order valence-corrected chi connectivity index (χ1v) is 7.36. The van der Waals surface area contributed by atoms with Gasteiger partial charge < -0.3 is 4.74 Å². The molecule has 0 saturated heterocycles. The van der Waals surface area contributed by atoms with Gasteiger partial charge >= 0.3 is 0 Å². The van der Waals surface area contributed by atoms with Gasteiger partial charge in [0.25, 0.3) is 0 Å². The third-order valence-electron chi connectivity index (χ3n) is 3.09. The van der Waals surface area contributed by atoms with Crippen LogP contribution in [0.1, 0.15) is 22.8 Å². The molecule has 0 atom stereocenters. The summed E-state index contributed by atoms with van der Waals surface area (Å²) in [5.74, 6) is 0.640. The van der Waals surface area contributed by atoms with Crippen molar-refractivity contribution in [3.8, 4) is 0 Å². The van der Waals surface area contributed by atoms with Crippen LogP contribution in [0.4, 0.5) is 0 Å². The van der Waals surface area contributed by atoms with E-state index < -0.39 is 0 Å². The second-order valence-electron chi connectivity index (χ2n) is 4.40. The average molecular weight is 282 g/mol. The lowest BCUT2D eigenvalue weighted by Crippen LogP contribution is -2.04. The summed E-state index contributed by atoms with van der Waals surface area (Å²) in [7, 11) is 0. The van der Waals surface area contributed by atoms with Gasteiger partial charge in [0.1, 0.15) is 5.76 Å². The number of fused-ring (bicyclic) bond motifs is 2. The van der Waals surface area contributed by atoms with E-state index in [1.807, 2.05) is 49.4 Å². The van der Waals surface area contributed by atoms with Crippen LogP contribution in [-0.4, -0.2) is 12.4 Å². The maximum absolute atomic E-state index is 12.4. The highest BCUT2D eigenvalue weighted by atomic mass is 32.2. The minimum absolute atomic E-state index is 0.00828. The molecule has 0 amide bonds. The smallest absolute Gasteiger partial charge is 0.190 e. The fourth-order valence-electron chi connectivity index (χ4n) is 2.19. The Hall–Kier alpha value is -2.00. The molecule has 2 aromatic rings. The molecule has 0 aliphatic carbocycles. The molecule has 2 aromatic carbocycles. The van der Waals surface area contributed by atoms with E-state index in [9.17, 15) is 4.79 Å². The van der Waals surface area contributed by atoms with Crippen LogP contribution in [0.15, 0.2) is 64.4 Å². The lowest BCUT2D eigenvalue weighted by atomic mass is 10.1. The molecule has 0 N–H and O–H groups in total. The third kappa shape index (κ3) is 2.37. The molecule has 0 saturated carbocycles. The summed E-state index contributed by atoms with van der Waals surface area (Å²) in [5.41, 5.74) is 1.70. The molecule has 3 rings (SSSR count). The van der Waals surface area contributed by atoms with Crippen LogP contribution in [0.5, 0.6) is 0 Å². The predicted octanol–water partition coefficient (Wildman–Crippen LogP) is 4.41. The van der Waals surface area contributed by atoms with Gasteiger partial charge in [0, 0.05) is 27.0 Å². The van der Waals surface area contributed by atoms with Gasteiger partial charge in [-0.1, -0.05) is 42.1 Å². The molecule has 1 heterocycles. The Morgan fingerprint density at radius 1 is 0.950 bits per heavy atom. The molecule has 0 unspecified atom stereocenters. The zero-order valence-electron chi connectivity index (χ0n) is 11.1. The highest BCUT2D eigenvalue weighted by molar-refractivity contribution is 7.99. The summed E-state index contributed by atoms with van der Waals surface area (Å²) < 4.78 is 5.66. The molecule has 2 nitrogen and oxygen atoms in total. The van der Waals surface area contributed by atoms with Gasteiger partial charge in [-0.2, -0.15) is 0 Å². The van der Waals surface area contributed by atoms with Gasteiger partial charge in [-0.25, -0.2) is 0 Å². The van der Waals surface area contributed by atoms with Crippen molar-refractivity contribution < 1.29 is 9.53 Å². The van der Waals surface area contributed by atoms with Crippen LogP contribution < -0.4 is 0 Å². The number of ketones is 1. The number of benzene rings is 2. The quantitative estimate of drug-likeness (QED) is 0.816. The van der Waals surface area contributed by atoms with Crippen molar-refractivity contribution in [3.05, 3.63) is 65.7 Å². The third-order valence-corrected chi connectivity index (χ3v) is 4.24. The molecule has 100 valence electrons. The zero-order valence-corrected chi connectivity index (χ0v) is 11.9. The van der Waals surface area contributed by atoms with Gasteiger partial charge in [0.15, 0.2) is 5.78 Å². The first-order chi connectivity index (χ1) is 9.79. The molecule has 0 radical (unpaired) electrons. The van der Waals surface area contributed by atoms with E-state index in [1.54, 1.807) is 17.8 Å². The van der Waals surface area contributed by atoms with Crippen LogP contribution in [-0.2, 0) is 4.74 Å². The monoisotopic (exact) mass is 282 g/mol. The molecular formula is C17H14O2S. The normalized spacial score (nSPS) is 16.2. The Bertz CT molecular complexity index is 689. The number of carbonyl (C=O) groups is 1. The number of rotatable bonds is 2. The van der Waals surface area contributed by atoms with Crippen molar-refractivity contribution in [1.82, 2.24) is 0 Å². The molecule has 1 aliphatic heterocycles. The van der Waals surface area contributed by atoms with Crippen LogP contribution in [0, 0.1) is 0 Å². The number of carbonyl (C=O) groups excluding carboxylic acids is 1. The minimum atomic E-state index is -0.00828. The highest BCUT2D eigenvalue weighted by Gasteiger charge is 2.19. The molecule has 0 aromatic heterocycles. The van der Waals surface area contributed by atoms with Gasteiger partial charge in [-0.3, -0.25) is 4.79 Å². The summed E-state index contributed by atoms with van der Waals surface area (Å²) in [5, 5.41) is 0. The van der Waals surface area contributed by atoms with Gasteiger partial charge in [0.05, 0.1) is 6.61 Å². The molecule has 0 bridgehead atoms. The van der Waals surface area contributed by atoms with E-state index in [1.165, 1.54) is 0 Å². The maximum Gasteiger partial charge on any atom is 0.190 e. The Kier molecular flexibility index (Phi) is 3.61. The number of hydrogen-bond acceptors (Lipinski definition) is 3. The average Bonchev–Trinajstić information content (AvgIpc) is 2.46. The molecule has 0 spiro atoms. The first kappa shape index (κ1) is 13.0. The number of allylic oxidation sites excluding steroid dienone is 1. The van der Waals surface area contributed by atoms with Crippen molar-refractivity contribution in [3.63, 3.8) is 0 Å². The van der Waals surface area contributed by atoms with Crippen molar-refractivity contribution in [2.75, 3.05) is 6.61 Å². The van der Waals surface area contributed by atoms with E-state index in [-0.39, 0.29) is 5.78 Å². The van der Waals surface area contributed by atoms with Crippen LogP contribution in [0.25, 0.3) is 5.76 Å². The van der Waals surface area contributed by atoms with E-state index in [0.29, 0.717) is 12.4 Å². The fraction of sp³-hybridized carbons (Fsp3) is 0.118. The predicted molar refractivity (Wildman–Crippen MR) is 80.9 cm³/mol. The SMILES string of the molecule is CCO/C1=C/C(=O)c2ccccc2Sc2ccccc21. The van der Waals surface area contributed by atoms with Gasteiger partial charge in [-0.15, -0.1) is 0 Å². The molecule has 0 fully saturated rings. The van der Waals surface area contributed by atoms with Gasteiger partial charge in [0.2, 0.25) is 0 Å². The number of hydrogen-bond donors (Lipinski definition) is 0. The molecule has 20 heavy (non-hydrogen) atoms. The maximum atomic E-state index is 12.4. The van der Waals surface area contributed by atoms with Crippen molar-refractivity contribution >= 4 is 23.3 Å². The van der Waals surface area contributed by atoms with Gasteiger partial charge in [-0.05, 0) is 25.1 Å². The summed E-state index contributed by atoms with van der Waals surface area (Å²) in [6.45, 7) is 2.47. The summed E-state index contributed by atoms with van der Waals surface area (Å²) in [6.07, 6.45) is 1.60. The largest absolute Gasteiger partial charge is 0.493 e. The Morgan fingerprint density at radius 2 is 1.55 bits per heavy atom. The lowest BCUT2D eigenvalue weighted by molar-refractivity contribution is 0.104. The van der Waals surface area contributed by atoms with Crippen molar-refractivity contribution in [2.24, 2.45) is 0 Å². The Morgan fingerprint density at radius 3 is 2.25 bits per heavy atom. The topological polar surface area (TPSA) is 26.3 Å². The fourth-order valence-corrected chi connectivity index (χ4v) is 3.27. The second kappa shape index (κ2) is 5.55. The number of ether oxygens (including phenoxy) is 1. The first-order valence-electron chi connectivity index (χ1n) is 6.54. The molecule has 3 heteroatoms. The Labute approximate surface area is 122 Å². The summed E-state index contributed by atoms with van der Waals surface area (Å²) in [4.78, 5) is 14.5. The van der Waals surface area contributed by atoms with E-state index in [0.717, 1.165) is 20.9 Å². The minimum Gasteiger partial charge on any atom is -0.493 e. The van der Waals surface area contributed by atoms with E-state index >= 15 is 0 Å². The molecule has 1 aliphatic rings. The second-order valence-corrected chi connectivity index (χ2v) is 5.48. The van der Waals surface area contributed by atoms with Crippen LogP contribution in [0.2, 0.25) is 0 Å². The van der Waals surface area contributed by atoms with E-state index in [4.69, 9.17) is 4.74 Å². The lowest BCUT2D eigenvalue weighted by Gasteiger charge is -2.17. The highest BCUT2D eigenvalue weighted by Crippen LogP contribution is 2.38. The Balaban J connectivity index is 2.21. The van der Waals surface area contributed by atoms with Crippen LogP contribution >= 0.6 is 11.8 Å². The van der Waals surface area contributed by atoms with Crippen LogP contribution in [0.3, 0.4) is 0 Å². The zero-order chi connectivity index (χ0) is 13.9. The van der Waals surface area contributed by atoms with E-state index in [2.05, 4.69) is 6.07 Å². The molecular weight excluding hydrogens is 268 g/mol.